The van der Waals surface area contributed by atoms with Gasteiger partial charge in [0, 0.05) is 13.1 Å². The highest BCUT2D eigenvalue weighted by molar-refractivity contribution is 5.75. The molecule has 5 heteroatoms. The van der Waals surface area contributed by atoms with Crippen LogP contribution in [0.5, 0.6) is 0 Å². The molecule has 0 unspecified atom stereocenters. The van der Waals surface area contributed by atoms with Crippen LogP contribution in [-0.2, 0) is 17.8 Å². The third kappa shape index (κ3) is 4.03. The summed E-state index contributed by atoms with van der Waals surface area (Å²) >= 11 is 0. The second-order valence-electron chi connectivity index (χ2n) is 5.03. The van der Waals surface area contributed by atoms with Crippen LogP contribution < -0.4 is 5.73 Å². The number of hydrogen-bond acceptors (Lipinski definition) is 4. The number of nitrogens with two attached hydrogens (primary N) is 1. The summed E-state index contributed by atoms with van der Waals surface area (Å²) in [7, 11) is 0. The zero-order valence-corrected chi connectivity index (χ0v) is 13.1. The van der Waals surface area contributed by atoms with Crippen molar-refractivity contribution in [3.8, 4) is 0 Å². The lowest BCUT2D eigenvalue weighted by molar-refractivity contribution is 0.132. The first-order valence-corrected chi connectivity index (χ1v) is 7.74. The number of hydrogen-bond donors (Lipinski definition) is 1. The first kappa shape index (κ1) is 15.9. The van der Waals surface area contributed by atoms with Gasteiger partial charge >= 0.3 is 0 Å². The van der Waals surface area contributed by atoms with Gasteiger partial charge in [-0.2, -0.15) is 0 Å². The van der Waals surface area contributed by atoms with E-state index >= 15 is 0 Å². The summed E-state index contributed by atoms with van der Waals surface area (Å²) in [6, 6.07) is 8.28. The smallest absolute Gasteiger partial charge is 0.124 e. The maximum absolute atomic E-state index is 5.53. The topological polar surface area (TPSA) is 56.3 Å². The average Bonchev–Trinajstić information content (AvgIpc) is 2.86. The Morgan fingerprint density at radius 3 is 2.67 bits per heavy atom. The number of ether oxygens (including phenoxy) is 1. The number of benzene rings is 1. The molecule has 0 bridgehead atoms. The fraction of sp³-hybridized carbons (Fsp3) is 0.562. The Morgan fingerprint density at radius 2 is 1.95 bits per heavy atom. The molecule has 1 aromatic heterocycles. The molecule has 0 saturated carbocycles. The molecular formula is C16H26N4O. The largest absolute Gasteiger partial charge is 0.378 e. The molecule has 0 aliphatic heterocycles. The van der Waals surface area contributed by atoms with Crippen molar-refractivity contribution in [1.82, 2.24) is 14.5 Å². The van der Waals surface area contributed by atoms with Gasteiger partial charge in [0.15, 0.2) is 0 Å². The summed E-state index contributed by atoms with van der Waals surface area (Å²) in [5, 5.41) is 0. The Hall–Kier alpha value is -1.43. The fourth-order valence-electron chi connectivity index (χ4n) is 2.48. The molecule has 0 fully saturated rings. The van der Waals surface area contributed by atoms with Crippen LogP contribution in [0.25, 0.3) is 11.0 Å². The highest BCUT2D eigenvalue weighted by Crippen LogP contribution is 2.17. The van der Waals surface area contributed by atoms with Gasteiger partial charge in [0.1, 0.15) is 5.82 Å². The van der Waals surface area contributed by atoms with Gasteiger partial charge in [0.25, 0.3) is 0 Å². The lowest BCUT2D eigenvalue weighted by Crippen LogP contribution is -2.25. The van der Waals surface area contributed by atoms with E-state index in [9.17, 15) is 0 Å². The van der Waals surface area contributed by atoms with E-state index in [1.54, 1.807) is 0 Å². The van der Waals surface area contributed by atoms with Gasteiger partial charge in [-0.25, -0.2) is 4.98 Å². The molecule has 0 aliphatic carbocycles. The third-order valence-corrected chi connectivity index (χ3v) is 3.71. The number of nitrogens with zero attached hydrogens (tertiary/aromatic N) is 3. The zero-order valence-electron chi connectivity index (χ0n) is 13.1. The molecule has 0 saturated heterocycles. The van der Waals surface area contributed by atoms with E-state index in [1.165, 1.54) is 5.52 Å². The second kappa shape index (κ2) is 8.12. The predicted molar refractivity (Wildman–Crippen MR) is 86.2 cm³/mol. The number of rotatable bonds is 9. The van der Waals surface area contributed by atoms with Gasteiger partial charge in [-0.15, -0.1) is 0 Å². The minimum Gasteiger partial charge on any atom is -0.378 e. The van der Waals surface area contributed by atoms with Gasteiger partial charge in [-0.05, 0) is 25.2 Å². The molecule has 0 radical (unpaired) electrons. The van der Waals surface area contributed by atoms with E-state index in [0.29, 0.717) is 19.8 Å². The highest BCUT2D eigenvalue weighted by atomic mass is 16.5. The first-order valence-electron chi connectivity index (χ1n) is 7.74. The van der Waals surface area contributed by atoms with E-state index in [-0.39, 0.29) is 0 Å². The average molecular weight is 290 g/mol. The number of imidazole rings is 1. The molecule has 5 nitrogen and oxygen atoms in total. The van der Waals surface area contributed by atoms with Crippen LogP contribution in [0, 0.1) is 0 Å². The summed E-state index contributed by atoms with van der Waals surface area (Å²) in [4.78, 5) is 7.16. The van der Waals surface area contributed by atoms with Crippen molar-refractivity contribution >= 4 is 11.0 Å². The van der Waals surface area contributed by atoms with Crippen LogP contribution in [0.4, 0.5) is 0 Å². The van der Waals surface area contributed by atoms with Crippen molar-refractivity contribution in [1.29, 1.82) is 0 Å². The third-order valence-electron chi connectivity index (χ3n) is 3.71. The zero-order chi connectivity index (χ0) is 15.1. The minimum absolute atomic E-state index is 0.566. The quantitative estimate of drug-likeness (QED) is 0.716. The van der Waals surface area contributed by atoms with Crippen LogP contribution in [0.15, 0.2) is 24.3 Å². The molecule has 21 heavy (non-hydrogen) atoms. The Kier molecular flexibility index (Phi) is 6.17. The van der Waals surface area contributed by atoms with E-state index in [0.717, 1.165) is 37.5 Å². The lowest BCUT2D eigenvalue weighted by atomic mass is 10.3. The molecule has 1 heterocycles. The van der Waals surface area contributed by atoms with Gasteiger partial charge in [-0.1, -0.05) is 26.0 Å². The predicted octanol–water partition coefficient (Wildman–Crippen LogP) is 1.85. The molecule has 2 aromatic rings. The summed E-state index contributed by atoms with van der Waals surface area (Å²) in [5.41, 5.74) is 7.69. The summed E-state index contributed by atoms with van der Waals surface area (Å²) in [6.45, 7) is 9.96. The number of aromatic nitrogens is 2. The molecule has 2 rings (SSSR count). The molecular weight excluding hydrogens is 264 g/mol. The monoisotopic (exact) mass is 290 g/mol. The lowest BCUT2D eigenvalue weighted by Gasteiger charge is -2.18. The standard InChI is InChI=1S/C16H26N4O/c1-3-19(4-2)13-16-18-14-7-5-6-8-15(14)20(16)10-12-21-11-9-17/h5-8H,3-4,9-13,17H2,1-2H3. The molecule has 116 valence electrons. The summed E-state index contributed by atoms with van der Waals surface area (Å²) < 4.78 is 7.80. The maximum atomic E-state index is 5.53. The van der Waals surface area contributed by atoms with Crippen molar-refractivity contribution in [2.75, 3.05) is 32.8 Å². The number of fused-ring (bicyclic) bond motifs is 1. The van der Waals surface area contributed by atoms with Gasteiger partial charge in [-0.3, -0.25) is 4.90 Å². The maximum Gasteiger partial charge on any atom is 0.124 e. The first-order chi connectivity index (χ1) is 10.3. The molecule has 1 aromatic carbocycles. The Labute approximate surface area is 126 Å². The van der Waals surface area contributed by atoms with Crippen molar-refractivity contribution in [2.45, 2.75) is 26.9 Å². The van der Waals surface area contributed by atoms with Crippen LogP contribution in [0.1, 0.15) is 19.7 Å². The Balaban J connectivity index is 2.21. The second-order valence-corrected chi connectivity index (χ2v) is 5.03. The molecule has 0 amide bonds. The van der Waals surface area contributed by atoms with Crippen LogP contribution in [0.2, 0.25) is 0 Å². The molecule has 0 atom stereocenters. The van der Waals surface area contributed by atoms with Gasteiger partial charge < -0.3 is 15.0 Å². The fourth-order valence-corrected chi connectivity index (χ4v) is 2.48. The van der Waals surface area contributed by atoms with E-state index < -0.39 is 0 Å². The van der Waals surface area contributed by atoms with E-state index in [4.69, 9.17) is 15.5 Å². The van der Waals surface area contributed by atoms with Gasteiger partial charge in [0.05, 0.1) is 30.8 Å². The Bertz CT molecular complexity index is 548. The van der Waals surface area contributed by atoms with Crippen LogP contribution >= 0.6 is 0 Å². The highest BCUT2D eigenvalue weighted by Gasteiger charge is 2.12. The Morgan fingerprint density at radius 1 is 1.19 bits per heavy atom. The van der Waals surface area contributed by atoms with Crippen molar-refractivity contribution in [3.05, 3.63) is 30.1 Å². The normalized spacial score (nSPS) is 11.6. The number of para-hydroxylation sites is 2. The van der Waals surface area contributed by atoms with Crippen molar-refractivity contribution in [3.63, 3.8) is 0 Å². The molecule has 0 aliphatic rings. The summed E-state index contributed by atoms with van der Waals surface area (Å²) in [6.07, 6.45) is 0. The van der Waals surface area contributed by atoms with Crippen molar-refractivity contribution < 1.29 is 4.74 Å². The van der Waals surface area contributed by atoms with Crippen LogP contribution in [-0.4, -0.2) is 47.3 Å². The molecule has 2 N–H and O–H groups in total. The molecule has 0 spiro atoms. The van der Waals surface area contributed by atoms with Crippen LogP contribution in [0.3, 0.4) is 0 Å². The minimum atomic E-state index is 0.566. The van der Waals surface area contributed by atoms with E-state index in [2.05, 4.69) is 41.5 Å². The van der Waals surface area contributed by atoms with E-state index in [1.807, 2.05) is 6.07 Å². The SMILES string of the molecule is CCN(CC)Cc1nc2ccccc2n1CCOCCN. The van der Waals surface area contributed by atoms with Crippen molar-refractivity contribution in [2.24, 2.45) is 5.73 Å². The van der Waals surface area contributed by atoms with Gasteiger partial charge in [0.2, 0.25) is 0 Å². The summed E-state index contributed by atoms with van der Waals surface area (Å²) in [5.74, 6) is 1.11.